The van der Waals surface area contributed by atoms with Crippen LogP contribution in [0.25, 0.3) is 0 Å². The van der Waals surface area contributed by atoms with E-state index in [0.717, 1.165) is 19.5 Å². The minimum absolute atomic E-state index is 0.335. The van der Waals surface area contributed by atoms with Gasteiger partial charge in [0.1, 0.15) is 0 Å². The molecule has 1 aromatic heterocycles. The van der Waals surface area contributed by atoms with Gasteiger partial charge in [-0.2, -0.15) is 0 Å². The number of nitrogens with one attached hydrogen (secondary N) is 1. The summed E-state index contributed by atoms with van der Waals surface area (Å²) in [7, 11) is 0. The van der Waals surface area contributed by atoms with Crippen LogP contribution >= 0.6 is 11.3 Å². The van der Waals surface area contributed by atoms with Crippen molar-refractivity contribution in [2.75, 3.05) is 13.1 Å². The molecule has 0 unspecified atom stereocenters. The quantitative estimate of drug-likeness (QED) is 0.733. The van der Waals surface area contributed by atoms with Crippen molar-refractivity contribution in [1.82, 2.24) is 10.3 Å². The fourth-order valence-corrected chi connectivity index (χ4v) is 2.32. The van der Waals surface area contributed by atoms with Crippen molar-refractivity contribution in [2.24, 2.45) is 5.41 Å². The summed E-state index contributed by atoms with van der Waals surface area (Å²) >= 11 is 1.75. The lowest BCUT2D eigenvalue weighted by Gasteiger charge is -2.24. The molecule has 1 aromatic rings. The molecule has 0 aliphatic heterocycles. The van der Waals surface area contributed by atoms with Gasteiger partial charge in [-0.3, -0.25) is 4.98 Å². The maximum Gasteiger partial charge on any atom is 0.0794 e. The molecule has 1 N–H and O–H groups in total. The van der Waals surface area contributed by atoms with Crippen LogP contribution in [0.5, 0.6) is 0 Å². The molecule has 0 saturated heterocycles. The molecule has 0 fully saturated rings. The minimum atomic E-state index is 0.335. The lowest BCUT2D eigenvalue weighted by Crippen LogP contribution is -2.31. The Morgan fingerprint density at radius 2 is 2.29 bits per heavy atom. The van der Waals surface area contributed by atoms with Crippen molar-refractivity contribution >= 4 is 11.3 Å². The van der Waals surface area contributed by atoms with Crippen LogP contribution in [-0.2, 0) is 6.42 Å². The number of thiazole rings is 1. The molecule has 0 aliphatic carbocycles. The SMILES string of the molecule is CCCNCC(C)(C)Cc1cncs1. The number of nitrogens with zero attached hydrogens (tertiary/aromatic N) is 1. The second-order valence-electron chi connectivity index (χ2n) is 4.49. The number of hydrogen-bond donors (Lipinski definition) is 1. The molecular formula is C11H20N2S. The summed E-state index contributed by atoms with van der Waals surface area (Å²) in [5, 5.41) is 3.47. The monoisotopic (exact) mass is 212 g/mol. The van der Waals surface area contributed by atoms with E-state index in [2.05, 4.69) is 31.1 Å². The van der Waals surface area contributed by atoms with E-state index in [4.69, 9.17) is 0 Å². The van der Waals surface area contributed by atoms with Crippen LogP contribution in [0.3, 0.4) is 0 Å². The molecule has 0 aliphatic rings. The van der Waals surface area contributed by atoms with E-state index in [1.807, 2.05) is 11.7 Å². The zero-order valence-corrected chi connectivity index (χ0v) is 10.2. The predicted octanol–water partition coefficient (Wildman–Crippen LogP) is 2.71. The van der Waals surface area contributed by atoms with Crippen molar-refractivity contribution in [1.29, 1.82) is 0 Å². The van der Waals surface area contributed by atoms with Gasteiger partial charge in [-0.1, -0.05) is 20.8 Å². The Bertz CT molecular complexity index is 242. The zero-order chi connectivity index (χ0) is 10.4. The molecule has 0 saturated carbocycles. The normalized spacial score (nSPS) is 11.9. The third-order valence-electron chi connectivity index (χ3n) is 2.17. The molecule has 0 atom stereocenters. The maximum atomic E-state index is 4.10. The minimum Gasteiger partial charge on any atom is -0.316 e. The first-order valence-electron chi connectivity index (χ1n) is 5.22. The molecular weight excluding hydrogens is 192 g/mol. The molecule has 2 nitrogen and oxygen atoms in total. The molecule has 14 heavy (non-hydrogen) atoms. The van der Waals surface area contributed by atoms with E-state index in [1.54, 1.807) is 11.3 Å². The Labute approximate surface area is 90.8 Å². The van der Waals surface area contributed by atoms with Gasteiger partial charge in [-0.05, 0) is 24.8 Å². The highest BCUT2D eigenvalue weighted by Crippen LogP contribution is 2.22. The third kappa shape index (κ3) is 4.20. The van der Waals surface area contributed by atoms with Crippen LogP contribution in [-0.4, -0.2) is 18.1 Å². The average Bonchev–Trinajstić information content (AvgIpc) is 2.56. The van der Waals surface area contributed by atoms with Crippen LogP contribution < -0.4 is 5.32 Å². The Morgan fingerprint density at radius 3 is 2.86 bits per heavy atom. The van der Waals surface area contributed by atoms with E-state index in [1.165, 1.54) is 11.3 Å². The molecule has 0 radical (unpaired) electrons. The Balaban J connectivity index is 2.33. The highest BCUT2D eigenvalue weighted by molar-refractivity contribution is 7.09. The highest BCUT2D eigenvalue weighted by Gasteiger charge is 2.18. The van der Waals surface area contributed by atoms with Crippen LogP contribution in [0.2, 0.25) is 0 Å². The summed E-state index contributed by atoms with van der Waals surface area (Å²) in [6.45, 7) is 9.00. The Kier molecular flexibility index (Phi) is 4.55. The van der Waals surface area contributed by atoms with E-state index in [9.17, 15) is 0 Å². The van der Waals surface area contributed by atoms with Gasteiger partial charge in [0.05, 0.1) is 5.51 Å². The number of rotatable bonds is 6. The van der Waals surface area contributed by atoms with E-state index in [0.29, 0.717) is 5.41 Å². The number of hydrogen-bond acceptors (Lipinski definition) is 3. The standard InChI is InChI=1S/C11H20N2S/c1-4-5-12-8-11(2,3)6-10-7-13-9-14-10/h7,9,12H,4-6,8H2,1-3H3. The summed E-state index contributed by atoms with van der Waals surface area (Å²) in [5.74, 6) is 0. The molecule has 3 heteroatoms. The summed E-state index contributed by atoms with van der Waals surface area (Å²) in [6.07, 6.45) is 4.30. The molecule has 1 rings (SSSR count). The van der Waals surface area contributed by atoms with E-state index >= 15 is 0 Å². The lowest BCUT2D eigenvalue weighted by molar-refractivity contribution is 0.341. The molecule has 1 heterocycles. The summed E-state index contributed by atoms with van der Waals surface area (Å²) < 4.78 is 0. The summed E-state index contributed by atoms with van der Waals surface area (Å²) in [5.41, 5.74) is 2.24. The summed E-state index contributed by atoms with van der Waals surface area (Å²) in [6, 6.07) is 0. The van der Waals surface area contributed by atoms with Gasteiger partial charge >= 0.3 is 0 Å². The maximum absolute atomic E-state index is 4.10. The van der Waals surface area contributed by atoms with Gasteiger partial charge in [0.15, 0.2) is 0 Å². The van der Waals surface area contributed by atoms with Crippen molar-refractivity contribution in [3.63, 3.8) is 0 Å². The predicted molar refractivity (Wildman–Crippen MR) is 62.8 cm³/mol. The largest absolute Gasteiger partial charge is 0.316 e. The topological polar surface area (TPSA) is 24.9 Å². The fraction of sp³-hybridized carbons (Fsp3) is 0.727. The fourth-order valence-electron chi connectivity index (χ4n) is 1.47. The first-order valence-corrected chi connectivity index (χ1v) is 6.10. The second-order valence-corrected chi connectivity index (χ2v) is 5.46. The van der Waals surface area contributed by atoms with Crippen molar-refractivity contribution in [3.05, 3.63) is 16.6 Å². The smallest absolute Gasteiger partial charge is 0.0794 e. The van der Waals surface area contributed by atoms with Gasteiger partial charge in [0.2, 0.25) is 0 Å². The van der Waals surface area contributed by atoms with Gasteiger partial charge in [-0.15, -0.1) is 11.3 Å². The van der Waals surface area contributed by atoms with Gasteiger partial charge in [0.25, 0.3) is 0 Å². The molecule has 80 valence electrons. The second kappa shape index (κ2) is 5.47. The van der Waals surface area contributed by atoms with E-state index in [-0.39, 0.29) is 0 Å². The third-order valence-corrected chi connectivity index (χ3v) is 2.95. The molecule has 0 amide bonds. The Morgan fingerprint density at radius 1 is 1.50 bits per heavy atom. The van der Waals surface area contributed by atoms with Crippen LogP contribution in [0.15, 0.2) is 11.7 Å². The molecule has 0 bridgehead atoms. The van der Waals surface area contributed by atoms with Crippen molar-refractivity contribution < 1.29 is 0 Å². The van der Waals surface area contributed by atoms with Crippen LogP contribution in [0, 0.1) is 5.41 Å². The lowest BCUT2D eigenvalue weighted by atomic mass is 9.89. The van der Waals surface area contributed by atoms with Crippen LogP contribution in [0.1, 0.15) is 32.1 Å². The molecule has 0 aromatic carbocycles. The van der Waals surface area contributed by atoms with Crippen LogP contribution in [0.4, 0.5) is 0 Å². The summed E-state index contributed by atoms with van der Waals surface area (Å²) in [4.78, 5) is 5.48. The van der Waals surface area contributed by atoms with E-state index < -0.39 is 0 Å². The first-order chi connectivity index (χ1) is 6.64. The van der Waals surface area contributed by atoms with Gasteiger partial charge < -0.3 is 5.32 Å². The highest BCUT2D eigenvalue weighted by atomic mass is 32.1. The Hall–Kier alpha value is -0.410. The van der Waals surface area contributed by atoms with Gasteiger partial charge in [-0.25, -0.2) is 0 Å². The number of aromatic nitrogens is 1. The molecule has 0 spiro atoms. The van der Waals surface area contributed by atoms with Crippen molar-refractivity contribution in [3.8, 4) is 0 Å². The average molecular weight is 212 g/mol. The van der Waals surface area contributed by atoms with Gasteiger partial charge in [0, 0.05) is 17.6 Å². The first kappa shape index (κ1) is 11.7. The zero-order valence-electron chi connectivity index (χ0n) is 9.34. The van der Waals surface area contributed by atoms with Crippen molar-refractivity contribution in [2.45, 2.75) is 33.6 Å².